The van der Waals surface area contributed by atoms with Crippen molar-refractivity contribution in [2.75, 3.05) is 19.8 Å². The fourth-order valence-electron chi connectivity index (χ4n) is 0.644. The normalized spacial score (nSPS) is 13.0. The standard InChI is InChI=1S/C9H19NO3/c1-7(2)4-12-6-9(11)13-5-8(3)10/h7-8H,4-6,10H2,1-3H3. The van der Waals surface area contributed by atoms with Crippen molar-refractivity contribution in [1.29, 1.82) is 0 Å². The topological polar surface area (TPSA) is 61.5 Å². The van der Waals surface area contributed by atoms with Gasteiger partial charge in [-0.25, -0.2) is 4.79 Å². The molecule has 0 aromatic heterocycles. The molecule has 0 bridgehead atoms. The number of carbonyl (C=O) groups is 1. The fraction of sp³-hybridized carbons (Fsp3) is 0.889. The van der Waals surface area contributed by atoms with Gasteiger partial charge in [0.2, 0.25) is 0 Å². The van der Waals surface area contributed by atoms with Gasteiger partial charge in [-0.15, -0.1) is 0 Å². The average Bonchev–Trinajstić information content (AvgIpc) is 2.00. The summed E-state index contributed by atoms with van der Waals surface area (Å²) in [4.78, 5) is 10.9. The summed E-state index contributed by atoms with van der Waals surface area (Å²) in [7, 11) is 0. The predicted octanol–water partition coefficient (Wildman–Crippen LogP) is 0.549. The highest BCUT2D eigenvalue weighted by atomic mass is 16.6. The van der Waals surface area contributed by atoms with Gasteiger partial charge in [0, 0.05) is 12.6 Å². The monoisotopic (exact) mass is 189 g/mol. The first-order valence-corrected chi connectivity index (χ1v) is 4.51. The van der Waals surface area contributed by atoms with Crippen LogP contribution in [-0.4, -0.2) is 31.8 Å². The highest BCUT2D eigenvalue weighted by molar-refractivity contribution is 5.70. The number of carbonyl (C=O) groups excluding carboxylic acids is 1. The molecule has 0 fully saturated rings. The van der Waals surface area contributed by atoms with Gasteiger partial charge in [0.15, 0.2) is 0 Å². The second-order valence-electron chi connectivity index (χ2n) is 3.57. The Labute approximate surface area is 79.4 Å². The van der Waals surface area contributed by atoms with E-state index in [0.717, 1.165) is 0 Å². The average molecular weight is 189 g/mol. The van der Waals surface area contributed by atoms with E-state index in [9.17, 15) is 4.79 Å². The Morgan fingerprint density at radius 3 is 2.38 bits per heavy atom. The van der Waals surface area contributed by atoms with Crippen molar-refractivity contribution in [2.24, 2.45) is 11.7 Å². The van der Waals surface area contributed by atoms with Crippen LogP contribution in [0.25, 0.3) is 0 Å². The molecule has 78 valence electrons. The van der Waals surface area contributed by atoms with E-state index in [-0.39, 0.29) is 25.2 Å². The minimum Gasteiger partial charge on any atom is -0.462 e. The van der Waals surface area contributed by atoms with Crippen molar-refractivity contribution >= 4 is 5.97 Å². The van der Waals surface area contributed by atoms with E-state index < -0.39 is 0 Å². The van der Waals surface area contributed by atoms with Crippen LogP contribution in [0.5, 0.6) is 0 Å². The van der Waals surface area contributed by atoms with Gasteiger partial charge in [-0.05, 0) is 12.8 Å². The van der Waals surface area contributed by atoms with Gasteiger partial charge in [0.1, 0.15) is 13.2 Å². The third-order valence-electron chi connectivity index (χ3n) is 1.18. The van der Waals surface area contributed by atoms with Crippen LogP contribution < -0.4 is 5.73 Å². The molecule has 0 rings (SSSR count). The number of hydrogen-bond donors (Lipinski definition) is 1. The molecule has 0 heterocycles. The van der Waals surface area contributed by atoms with Crippen molar-refractivity contribution in [1.82, 2.24) is 0 Å². The van der Waals surface area contributed by atoms with Crippen LogP contribution in [0.4, 0.5) is 0 Å². The molecule has 0 aliphatic carbocycles. The number of rotatable bonds is 6. The van der Waals surface area contributed by atoms with E-state index in [1.807, 2.05) is 13.8 Å². The van der Waals surface area contributed by atoms with Gasteiger partial charge in [-0.2, -0.15) is 0 Å². The highest BCUT2D eigenvalue weighted by Crippen LogP contribution is 1.92. The molecular formula is C9H19NO3. The summed E-state index contributed by atoms with van der Waals surface area (Å²) in [5.41, 5.74) is 5.40. The molecule has 1 unspecified atom stereocenters. The lowest BCUT2D eigenvalue weighted by Crippen LogP contribution is -2.25. The van der Waals surface area contributed by atoms with E-state index >= 15 is 0 Å². The Morgan fingerprint density at radius 1 is 1.31 bits per heavy atom. The number of hydrogen-bond acceptors (Lipinski definition) is 4. The van der Waals surface area contributed by atoms with Gasteiger partial charge in [-0.3, -0.25) is 0 Å². The molecular weight excluding hydrogens is 170 g/mol. The molecule has 0 aliphatic rings. The summed E-state index contributed by atoms with van der Waals surface area (Å²) >= 11 is 0. The number of nitrogens with two attached hydrogens (primary N) is 1. The second kappa shape index (κ2) is 6.86. The smallest absolute Gasteiger partial charge is 0.332 e. The zero-order valence-corrected chi connectivity index (χ0v) is 8.58. The van der Waals surface area contributed by atoms with Crippen LogP contribution in [0.2, 0.25) is 0 Å². The van der Waals surface area contributed by atoms with E-state index in [4.69, 9.17) is 15.2 Å². The fourth-order valence-corrected chi connectivity index (χ4v) is 0.644. The quantitative estimate of drug-likeness (QED) is 0.620. The van der Waals surface area contributed by atoms with Crippen LogP contribution in [0.3, 0.4) is 0 Å². The first-order chi connectivity index (χ1) is 6.02. The first-order valence-electron chi connectivity index (χ1n) is 4.51. The molecule has 0 aromatic carbocycles. The molecule has 0 aromatic rings. The molecule has 4 nitrogen and oxygen atoms in total. The predicted molar refractivity (Wildman–Crippen MR) is 50.3 cm³/mol. The molecule has 4 heteroatoms. The van der Waals surface area contributed by atoms with Gasteiger partial charge in [0.25, 0.3) is 0 Å². The first kappa shape index (κ1) is 12.4. The highest BCUT2D eigenvalue weighted by Gasteiger charge is 2.04. The maximum Gasteiger partial charge on any atom is 0.332 e. The molecule has 2 N–H and O–H groups in total. The molecule has 0 saturated carbocycles. The summed E-state index contributed by atoms with van der Waals surface area (Å²) in [5.74, 6) is 0.0826. The van der Waals surface area contributed by atoms with Crippen LogP contribution in [0.1, 0.15) is 20.8 Å². The van der Waals surface area contributed by atoms with Crippen molar-refractivity contribution in [3.05, 3.63) is 0 Å². The molecule has 0 saturated heterocycles. The van der Waals surface area contributed by atoms with Gasteiger partial charge in [0.05, 0.1) is 0 Å². The molecule has 0 amide bonds. The lowest BCUT2D eigenvalue weighted by atomic mass is 10.2. The maximum absolute atomic E-state index is 10.9. The second-order valence-corrected chi connectivity index (χ2v) is 3.57. The lowest BCUT2D eigenvalue weighted by molar-refractivity contribution is -0.149. The largest absolute Gasteiger partial charge is 0.462 e. The Hall–Kier alpha value is -0.610. The molecule has 13 heavy (non-hydrogen) atoms. The van der Waals surface area contributed by atoms with Crippen LogP contribution >= 0.6 is 0 Å². The Morgan fingerprint density at radius 2 is 1.92 bits per heavy atom. The minimum absolute atomic E-state index is 0.0187. The summed E-state index contributed by atoms with van der Waals surface area (Å²) in [6.45, 7) is 6.67. The van der Waals surface area contributed by atoms with Crippen molar-refractivity contribution in [3.63, 3.8) is 0 Å². The van der Waals surface area contributed by atoms with E-state index in [1.54, 1.807) is 6.92 Å². The maximum atomic E-state index is 10.9. The van der Waals surface area contributed by atoms with Crippen molar-refractivity contribution in [2.45, 2.75) is 26.8 Å². The van der Waals surface area contributed by atoms with Gasteiger partial charge < -0.3 is 15.2 Å². The summed E-state index contributed by atoms with van der Waals surface area (Å²) in [6, 6.07) is -0.117. The zero-order chi connectivity index (χ0) is 10.3. The van der Waals surface area contributed by atoms with E-state index in [0.29, 0.717) is 12.5 Å². The Kier molecular flexibility index (Phi) is 6.54. The van der Waals surface area contributed by atoms with Gasteiger partial charge in [-0.1, -0.05) is 13.8 Å². The minimum atomic E-state index is -0.349. The van der Waals surface area contributed by atoms with Gasteiger partial charge >= 0.3 is 5.97 Å². The molecule has 0 aliphatic heterocycles. The van der Waals surface area contributed by atoms with E-state index in [2.05, 4.69) is 0 Å². The third-order valence-corrected chi connectivity index (χ3v) is 1.18. The number of ether oxygens (including phenoxy) is 2. The summed E-state index contributed by atoms with van der Waals surface area (Å²) < 4.78 is 9.87. The van der Waals surface area contributed by atoms with Crippen LogP contribution in [-0.2, 0) is 14.3 Å². The SMILES string of the molecule is CC(C)COCC(=O)OCC(C)N. The molecule has 1 atom stereocenters. The zero-order valence-electron chi connectivity index (χ0n) is 8.58. The lowest BCUT2D eigenvalue weighted by Gasteiger charge is -2.08. The third kappa shape index (κ3) is 9.30. The summed E-state index contributed by atoms with van der Waals surface area (Å²) in [5, 5.41) is 0. The van der Waals surface area contributed by atoms with Crippen LogP contribution in [0, 0.1) is 5.92 Å². The summed E-state index contributed by atoms with van der Waals surface area (Å²) in [6.07, 6.45) is 0. The van der Waals surface area contributed by atoms with Crippen molar-refractivity contribution in [3.8, 4) is 0 Å². The molecule has 0 radical (unpaired) electrons. The Bertz CT molecular complexity index is 146. The number of esters is 1. The van der Waals surface area contributed by atoms with E-state index in [1.165, 1.54) is 0 Å². The Balaban J connectivity index is 3.30. The van der Waals surface area contributed by atoms with Crippen LogP contribution in [0.15, 0.2) is 0 Å². The molecule has 0 spiro atoms. The van der Waals surface area contributed by atoms with Crippen molar-refractivity contribution < 1.29 is 14.3 Å².